The minimum absolute atomic E-state index is 0.0302. The van der Waals surface area contributed by atoms with Crippen molar-refractivity contribution >= 4 is 39.5 Å². The van der Waals surface area contributed by atoms with Crippen LogP contribution in [0, 0.1) is 23.3 Å². The quantitative estimate of drug-likeness (QED) is 0.0135. The normalized spacial score (nSPS) is 13.9. The average molecular weight is 1010 g/mol. The first-order chi connectivity index (χ1) is 32.8. The van der Waals surface area contributed by atoms with E-state index in [9.17, 15) is 45.2 Å². The molecule has 25 nitrogen and oxygen atoms in total. The molecule has 1 atom stereocenters. The lowest BCUT2D eigenvalue weighted by Crippen LogP contribution is -2.36. The average Bonchev–Trinajstić information content (AvgIpc) is 3.59. The van der Waals surface area contributed by atoms with E-state index >= 15 is 0 Å². The summed E-state index contributed by atoms with van der Waals surface area (Å²) in [5, 5.41) is 2.66. The molecule has 1 fully saturated rings. The molecule has 2 rings (SSSR count). The summed E-state index contributed by atoms with van der Waals surface area (Å²) in [7, 11) is -4.80. The molecule has 0 saturated carbocycles. The number of hydrogen-bond donors (Lipinski definition) is 2. The highest BCUT2D eigenvalue weighted by atomic mass is 32.2. The number of imide groups is 1. The third-order valence-electron chi connectivity index (χ3n) is 8.30. The van der Waals surface area contributed by atoms with E-state index in [-0.39, 0.29) is 64.3 Å². The van der Waals surface area contributed by atoms with E-state index in [0.717, 1.165) is 0 Å². The maximum Gasteiger partial charge on any atom is 0.335 e. The summed E-state index contributed by atoms with van der Waals surface area (Å²) < 4.78 is 151. The molecule has 68 heavy (non-hydrogen) atoms. The van der Waals surface area contributed by atoms with Crippen molar-refractivity contribution in [3.8, 4) is 0 Å². The third kappa shape index (κ3) is 25.4. The second-order valence-electron chi connectivity index (χ2n) is 13.2. The van der Waals surface area contributed by atoms with Crippen molar-refractivity contribution in [2.45, 2.75) is 18.1 Å². The second kappa shape index (κ2) is 36.7. The number of hydroxylamine groups is 2. The number of benzene rings is 1. The molecule has 30 heteroatoms. The molecule has 1 aliphatic rings. The van der Waals surface area contributed by atoms with Crippen LogP contribution in [0.2, 0.25) is 0 Å². The zero-order valence-corrected chi connectivity index (χ0v) is 37.9. The van der Waals surface area contributed by atoms with E-state index < -0.39 is 80.0 Å². The number of nitrogens with one attached hydrogen (secondary N) is 1. The summed E-state index contributed by atoms with van der Waals surface area (Å²) in [6.07, 6.45) is -1.14. The van der Waals surface area contributed by atoms with E-state index in [1.165, 1.54) is 0 Å². The van der Waals surface area contributed by atoms with E-state index in [1.54, 1.807) is 0 Å². The van der Waals surface area contributed by atoms with Gasteiger partial charge in [-0.15, -0.1) is 5.06 Å². The van der Waals surface area contributed by atoms with Gasteiger partial charge in [-0.25, -0.2) is 22.4 Å². The monoisotopic (exact) mass is 1010 g/mol. The first-order valence-electron chi connectivity index (χ1n) is 21.0. The van der Waals surface area contributed by atoms with Crippen molar-refractivity contribution in [1.82, 2.24) is 10.4 Å². The summed E-state index contributed by atoms with van der Waals surface area (Å²) in [6.45, 7) is 6.74. The number of nitrogens with zero attached hydrogens (tertiary/aromatic N) is 4. The SMILES string of the molecule is [N-]=[N+]=Nc1c(F)c(F)c(C(=O)NCCOCCOCCOCCOCCOCCOCCOCCOCCOCCOCCOCCOCCC(=O)ON2C(=O)CC(S(=O)(=O)O)C2=O)c(F)c1F. The minimum Gasteiger partial charge on any atom is -0.378 e. The number of halogens is 4. The Hall–Kier alpha value is -4.24. The first kappa shape index (κ1) is 59.9. The summed E-state index contributed by atoms with van der Waals surface area (Å²) >= 11 is 0. The van der Waals surface area contributed by atoms with Crippen LogP contribution < -0.4 is 5.32 Å². The molecule has 388 valence electrons. The number of ether oxygens (including phenoxy) is 12. The van der Waals surface area contributed by atoms with Crippen LogP contribution >= 0.6 is 0 Å². The van der Waals surface area contributed by atoms with Crippen molar-refractivity contribution in [2.24, 2.45) is 5.11 Å². The predicted molar refractivity (Wildman–Crippen MR) is 220 cm³/mol. The second-order valence-corrected chi connectivity index (χ2v) is 14.8. The Morgan fingerprint density at radius 3 is 1.22 bits per heavy atom. The molecule has 1 unspecified atom stereocenters. The van der Waals surface area contributed by atoms with Crippen LogP contribution in [0.4, 0.5) is 23.2 Å². The highest BCUT2D eigenvalue weighted by molar-refractivity contribution is 7.87. The van der Waals surface area contributed by atoms with Crippen molar-refractivity contribution in [1.29, 1.82) is 0 Å². The molecule has 1 aromatic carbocycles. The minimum atomic E-state index is -4.80. The molecule has 0 bridgehead atoms. The number of hydrogen-bond acceptors (Lipinski definition) is 20. The van der Waals surface area contributed by atoms with E-state index in [2.05, 4.69) is 20.2 Å². The molecule has 0 aliphatic carbocycles. The van der Waals surface area contributed by atoms with Crippen LogP contribution in [0.5, 0.6) is 0 Å². The molecule has 3 amide bonds. The van der Waals surface area contributed by atoms with Crippen LogP contribution in [0.3, 0.4) is 0 Å². The molecule has 1 aliphatic heterocycles. The van der Waals surface area contributed by atoms with Gasteiger partial charge in [0.25, 0.3) is 27.8 Å². The standard InChI is InChI=1S/C38H57F4N5O20S/c39-32-31(33(40)35(42)36(34(32)41)45-46-43)37(50)44-2-4-56-6-8-58-10-12-60-14-16-62-18-20-64-22-24-66-26-25-65-23-21-63-19-17-61-15-13-59-11-9-57-7-5-55-3-1-30(49)67-47-29(48)27-28(38(47)51)68(52,53)54/h28H,1-27H2,(H,44,50)(H,52,53,54). The third-order valence-corrected chi connectivity index (χ3v) is 9.39. The van der Waals surface area contributed by atoms with E-state index in [0.29, 0.717) is 112 Å². The molecule has 0 radical (unpaired) electrons. The number of rotatable bonds is 43. The molecule has 1 heterocycles. The molecule has 0 aromatic heterocycles. The van der Waals surface area contributed by atoms with Crippen LogP contribution in [0.15, 0.2) is 5.11 Å². The van der Waals surface area contributed by atoms with Crippen LogP contribution in [-0.4, -0.2) is 212 Å². The van der Waals surface area contributed by atoms with Gasteiger partial charge in [-0.2, -0.15) is 8.42 Å². The number of amides is 3. The molecule has 1 saturated heterocycles. The lowest BCUT2D eigenvalue weighted by atomic mass is 10.1. The zero-order valence-electron chi connectivity index (χ0n) is 37.1. The lowest BCUT2D eigenvalue weighted by molar-refractivity contribution is -0.198. The van der Waals surface area contributed by atoms with E-state index in [1.807, 2.05) is 0 Å². The Balaban J connectivity index is 1.21. The van der Waals surface area contributed by atoms with Gasteiger partial charge in [0.15, 0.2) is 28.5 Å². The van der Waals surface area contributed by atoms with Crippen molar-refractivity contribution in [3.05, 3.63) is 39.3 Å². The van der Waals surface area contributed by atoms with Gasteiger partial charge in [-0.05, 0) is 5.53 Å². The molecular formula is C38H57F4N5O20S. The van der Waals surface area contributed by atoms with Gasteiger partial charge in [0.2, 0.25) is 0 Å². The Bertz CT molecular complexity index is 1790. The Morgan fingerprint density at radius 1 is 0.588 bits per heavy atom. The highest BCUT2D eigenvalue weighted by Crippen LogP contribution is 2.30. The van der Waals surface area contributed by atoms with Crippen molar-refractivity contribution in [2.75, 3.05) is 165 Å². The van der Waals surface area contributed by atoms with Crippen molar-refractivity contribution < 1.29 is 111 Å². The maximum absolute atomic E-state index is 14.0. The highest BCUT2D eigenvalue weighted by Gasteiger charge is 2.48. The summed E-state index contributed by atoms with van der Waals surface area (Å²) in [4.78, 5) is 54.0. The molecule has 1 aromatic rings. The summed E-state index contributed by atoms with van der Waals surface area (Å²) in [5.41, 5.74) is 5.26. The van der Waals surface area contributed by atoms with E-state index in [4.69, 9.17) is 66.9 Å². The summed E-state index contributed by atoms with van der Waals surface area (Å²) in [6, 6.07) is 0. The van der Waals surface area contributed by atoms with Crippen molar-refractivity contribution in [3.63, 3.8) is 0 Å². The Morgan fingerprint density at radius 2 is 0.912 bits per heavy atom. The van der Waals surface area contributed by atoms with Gasteiger partial charge in [-0.1, -0.05) is 5.11 Å². The zero-order chi connectivity index (χ0) is 49.8. The number of azide groups is 1. The van der Waals surface area contributed by atoms with Gasteiger partial charge in [0.1, 0.15) is 11.3 Å². The number of carbonyl (C=O) groups excluding carboxylic acids is 4. The molecule has 2 N–H and O–H groups in total. The summed E-state index contributed by atoms with van der Waals surface area (Å²) in [5.74, 6) is -12.8. The molecule has 0 spiro atoms. The topological polar surface area (TPSA) is 307 Å². The largest absolute Gasteiger partial charge is 0.378 e. The fourth-order valence-corrected chi connectivity index (χ4v) is 5.72. The molecular weight excluding hydrogens is 954 g/mol. The smallest absolute Gasteiger partial charge is 0.335 e. The van der Waals surface area contributed by atoms with Gasteiger partial charge in [0.05, 0.1) is 171 Å². The van der Waals surface area contributed by atoms with Gasteiger partial charge in [-0.3, -0.25) is 18.9 Å². The van der Waals surface area contributed by atoms with Crippen LogP contribution in [-0.2, 0) is 86.2 Å². The fourth-order valence-electron chi connectivity index (χ4n) is 5.01. The van der Waals surface area contributed by atoms with Crippen LogP contribution in [0.1, 0.15) is 23.2 Å². The lowest BCUT2D eigenvalue weighted by Gasteiger charge is -2.13. The van der Waals surface area contributed by atoms with Gasteiger partial charge < -0.3 is 67.0 Å². The first-order valence-corrected chi connectivity index (χ1v) is 22.5. The fraction of sp³-hybridized carbons (Fsp3) is 0.737. The Kier molecular flexibility index (Phi) is 32.3. The predicted octanol–water partition coefficient (Wildman–Crippen LogP) is 0.977. The number of carbonyl (C=O) groups is 4. The Labute approximate surface area is 388 Å². The maximum atomic E-state index is 14.0. The van der Waals surface area contributed by atoms with Gasteiger partial charge in [0, 0.05) is 11.5 Å². The van der Waals surface area contributed by atoms with Crippen LogP contribution in [0.25, 0.3) is 10.4 Å². The van der Waals surface area contributed by atoms with Gasteiger partial charge >= 0.3 is 5.97 Å².